The van der Waals surface area contributed by atoms with E-state index in [1.165, 1.54) is 0 Å². The van der Waals surface area contributed by atoms with E-state index in [1.807, 2.05) is 13.8 Å². The standard InChI is InChI=1S/C8H15NO/c1-5-7(3)8(10)9(4)6-2/h3,5-6H2,1-2,4H3. The highest BCUT2D eigenvalue weighted by atomic mass is 16.2. The first-order chi connectivity index (χ1) is 4.63. The Balaban J connectivity index is 3.95. The molecule has 0 N–H and O–H groups in total. The third kappa shape index (κ3) is 2.21. The van der Waals surface area contributed by atoms with Crippen molar-refractivity contribution in [2.45, 2.75) is 20.3 Å². The predicted octanol–water partition coefficient (Wildman–Crippen LogP) is 1.43. The summed E-state index contributed by atoms with van der Waals surface area (Å²) in [7, 11) is 1.78. The van der Waals surface area contributed by atoms with Crippen molar-refractivity contribution in [3.05, 3.63) is 12.2 Å². The Kier molecular flexibility index (Phi) is 3.77. The smallest absolute Gasteiger partial charge is 0.248 e. The molecule has 0 radical (unpaired) electrons. The van der Waals surface area contributed by atoms with Crippen LogP contribution in [0.15, 0.2) is 12.2 Å². The zero-order valence-corrected chi connectivity index (χ0v) is 6.98. The molecule has 0 aromatic heterocycles. The van der Waals surface area contributed by atoms with Gasteiger partial charge < -0.3 is 4.90 Å². The van der Waals surface area contributed by atoms with Crippen molar-refractivity contribution >= 4 is 5.91 Å². The summed E-state index contributed by atoms with van der Waals surface area (Å²) in [6.45, 7) is 8.28. The van der Waals surface area contributed by atoms with E-state index in [-0.39, 0.29) is 5.91 Å². The van der Waals surface area contributed by atoms with Crippen LogP contribution in [-0.2, 0) is 4.79 Å². The van der Waals surface area contributed by atoms with E-state index in [9.17, 15) is 4.79 Å². The fourth-order valence-electron chi connectivity index (χ4n) is 0.565. The van der Waals surface area contributed by atoms with E-state index < -0.39 is 0 Å². The number of carbonyl (C=O) groups excluding carboxylic acids is 1. The second-order valence-corrected chi connectivity index (χ2v) is 2.28. The van der Waals surface area contributed by atoms with Crippen molar-refractivity contribution in [1.29, 1.82) is 0 Å². The first-order valence-corrected chi connectivity index (χ1v) is 3.56. The monoisotopic (exact) mass is 141 g/mol. The summed E-state index contributed by atoms with van der Waals surface area (Å²) in [6, 6.07) is 0. The van der Waals surface area contributed by atoms with Crippen LogP contribution in [0, 0.1) is 0 Å². The molecule has 0 saturated heterocycles. The van der Waals surface area contributed by atoms with Gasteiger partial charge in [0.15, 0.2) is 0 Å². The van der Waals surface area contributed by atoms with Gasteiger partial charge >= 0.3 is 0 Å². The summed E-state index contributed by atoms with van der Waals surface area (Å²) in [5.74, 6) is 0.0602. The third-order valence-corrected chi connectivity index (χ3v) is 1.55. The zero-order valence-electron chi connectivity index (χ0n) is 6.98. The second kappa shape index (κ2) is 4.09. The molecule has 2 heteroatoms. The number of hydrogen-bond donors (Lipinski definition) is 0. The summed E-state index contributed by atoms with van der Waals surface area (Å²) in [4.78, 5) is 12.8. The minimum absolute atomic E-state index is 0.0602. The maximum atomic E-state index is 11.1. The van der Waals surface area contributed by atoms with Gasteiger partial charge in [-0.05, 0) is 13.3 Å². The normalized spacial score (nSPS) is 9.10. The van der Waals surface area contributed by atoms with Crippen molar-refractivity contribution < 1.29 is 4.79 Å². The highest BCUT2D eigenvalue weighted by Gasteiger charge is 2.07. The summed E-state index contributed by atoms with van der Waals surface area (Å²) < 4.78 is 0. The van der Waals surface area contributed by atoms with E-state index in [1.54, 1.807) is 11.9 Å². The lowest BCUT2D eigenvalue weighted by molar-refractivity contribution is -0.125. The molecule has 10 heavy (non-hydrogen) atoms. The van der Waals surface area contributed by atoms with E-state index in [0.29, 0.717) is 5.57 Å². The lowest BCUT2D eigenvalue weighted by Gasteiger charge is -2.14. The summed E-state index contributed by atoms with van der Waals surface area (Å²) in [5.41, 5.74) is 0.685. The third-order valence-electron chi connectivity index (χ3n) is 1.55. The molecule has 0 aromatic carbocycles. The molecule has 0 atom stereocenters. The van der Waals surface area contributed by atoms with Crippen LogP contribution in [-0.4, -0.2) is 24.4 Å². The van der Waals surface area contributed by atoms with Gasteiger partial charge in [-0.25, -0.2) is 0 Å². The highest BCUT2D eigenvalue weighted by molar-refractivity contribution is 5.92. The van der Waals surface area contributed by atoms with Gasteiger partial charge in [0.2, 0.25) is 5.91 Å². The first-order valence-electron chi connectivity index (χ1n) is 3.56. The van der Waals surface area contributed by atoms with Crippen LogP contribution >= 0.6 is 0 Å². The van der Waals surface area contributed by atoms with Crippen LogP contribution in [0.25, 0.3) is 0 Å². The van der Waals surface area contributed by atoms with Gasteiger partial charge in [0, 0.05) is 19.2 Å². The average Bonchev–Trinajstić information content (AvgIpc) is 2.00. The van der Waals surface area contributed by atoms with Crippen LogP contribution < -0.4 is 0 Å². The Morgan fingerprint density at radius 3 is 2.30 bits per heavy atom. The van der Waals surface area contributed by atoms with Crippen molar-refractivity contribution in [2.75, 3.05) is 13.6 Å². The molecule has 0 aliphatic rings. The molecule has 0 aliphatic heterocycles. The Labute approximate surface area is 62.5 Å². The molecule has 0 heterocycles. The Bertz CT molecular complexity index is 140. The van der Waals surface area contributed by atoms with Crippen LogP contribution in [0.3, 0.4) is 0 Å². The summed E-state index contributed by atoms with van der Waals surface area (Å²) in [6.07, 6.45) is 0.739. The lowest BCUT2D eigenvalue weighted by atomic mass is 10.2. The fourth-order valence-corrected chi connectivity index (χ4v) is 0.565. The Morgan fingerprint density at radius 1 is 1.50 bits per heavy atom. The van der Waals surface area contributed by atoms with Gasteiger partial charge in [-0.1, -0.05) is 13.5 Å². The van der Waals surface area contributed by atoms with Crippen molar-refractivity contribution in [2.24, 2.45) is 0 Å². The molecule has 2 nitrogen and oxygen atoms in total. The van der Waals surface area contributed by atoms with Crippen molar-refractivity contribution in [1.82, 2.24) is 4.90 Å². The molecule has 0 unspecified atom stereocenters. The minimum Gasteiger partial charge on any atom is -0.342 e. The maximum absolute atomic E-state index is 11.1. The predicted molar refractivity (Wildman–Crippen MR) is 42.7 cm³/mol. The van der Waals surface area contributed by atoms with Crippen molar-refractivity contribution in [3.63, 3.8) is 0 Å². The molecule has 0 aromatic rings. The van der Waals surface area contributed by atoms with Gasteiger partial charge in [0.1, 0.15) is 0 Å². The molecular formula is C8H15NO. The number of likely N-dealkylation sites (N-methyl/N-ethyl adjacent to an activating group) is 1. The van der Waals surface area contributed by atoms with Crippen LogP contribution in [0.4, 0.5) is 0 Å². The van der Waals surface area contributed by atoms with E-state index in [4.69, 9.17) is 0 Å². The van der Waals surface area contributed by atoms with E-state index >= 15 is 0 Å². The topological polar surface area (TPSA) is 20.3 Å². The summed E-state index contributed by atoms with van der Waals surface area (Å²) in [5, 5.41) is 0. The highest BCUT2D eigenvalue weighted by Crippen LogP contribution is 2.00. The number of carbonyl (C=O) groups is 1. The number of hydrogen-bond acceptors (Lipinski definition) is 1. The molecule has 0 aliphatic carbocycles. The number of amides is 1. The fraction of sp³-hybridized carbons (Fsp3) is 0.625. The molecular weight excluding hydrogens is 126 g/mol. The molecule has 0 bridgehead atoms. The molecule has 0 saturated carbocycles. The van der Waals surface area contributed by atoms with Crippen molar-refractivity contribution in [3.8, 4) is 0 Å². The van der Waals surface area contributed by atoms with Gasteiger partial charge in [-0.15, -0.1) is 0 Å². The maximum Gasteiger partial charge on any atom is 0.248 e. The van der Waals surface area contributed by atoms with Crippen LogP contribution in [0.1, 0.15) is 20.3 Å². The Morgan fingerprint density at radius 2 is 2.00 bits per heavy atom. The second-order valence-electron chi connectivity index (χ2n) is 2.28. The quantitative estimate of drug-likeness (QED) is 0.544. The van der Waals surface area contributed by atoms with E-state index in [0.717, 1.165) is 13.0 Å². The van der Waals surface area contributed by atoms with Gasteiger partial charge in [-0.3, -0.25) is 4.79 Å². The molecule has 58 valence electrons. The number of rotatable bonds is 3. The average molecular weight is 141 g/mol. The van der Waals surface area contributed by atoms with Gasteiger partial charge in [0.05, 0.1) is 0 Å². The minimum atomic E-state index is 0.0602. The first kappa shape index (κ1) is 9.21. The number of nitrogens with zero attached hydrogens (tertiary/aromatic N) is 1. The zero-order chi connectivity index (χ0) is 8.15. The largest absolute Gasteiger partial charge is 0.342 e. The SMILES string of the molecule is C=C(CC)C(=O)N(C)CC. The van der Waals surface area contributed by atoms with Gasteiger partial charge in [0.25, 0.3) is 0 Å². The molecule has 0 spiro atoms. The molecule has 0 fully saturated rings. The van der Waals surface area contributed by atoms with Crippen LogP contribution in [0.2, 0.25) is 0 Å². The Hall–Kier alpha value is -0.790. The molecule has 0 rings (SSSR count). The molecule has 1 amide bonds. The van der Waals surface area contributed by atoms with E-state index in [2.05, 4.69) is 6.58 Å². The van der Waals surface area contributed by atoms with Crippen LogP contribution in [0.5, 0.6) is 0 Å². The summed E-state index contributed by atoms with van der Waals surface area (Å²) >= 11 is 0. The van der Waals surface area contributed by atoms with Gasteiger partial charge in [-0.2, -0.15) is 0 Å². The lowest BCUT2D eigenvalue weighted by Crippen LogP contribution is -2.27.